The van der Waals surface area contributed by atoms with Crippen molar-refractivity contribution in [2.75, 3.05) is 12.4 Å². The van der Waals surface area contributed by atoms with E-state index in [0.29, 0.717) is 34.4 Å². The smallest absolute Gasteiger partial charge is 0.256 e. The van der Waals surface area contributed by atoms with E-state index in [2.05, 4.69) is 10.4 Å². The maximum absolute atomic E-state index is 13.3. The number of benzene rings is 3. The summed E-state index contributed by atoms with van der Waals surface area (Å²) in [7, 11) is 1.59. The van der Waals surface area contributed by atoms with Crippen LogP contribution < -0.4 is 14.8 Å². The van der Waals surface area contributed by atoms with Gasteiger partial charge in [-0.05, 0) is 54.4 Å². The number of anilines is 1. The van der Waals surface area contributed by atoms with Gasteiger partial charge in [0, 0.05) is 22.3 Å². The predicted octanol–water partition coefficient (Wildman–Crippen LogP) is 5.87. The van der Waals surface area contributed by atoms with Gasteiger partial charge in [-0.1, -0.05) is 41.9 Å². The molecule has 0 bridgehead atoms. The average Bonchev–Trinajstić information content (AvgIpc) is 3.18. The van der Waals surface area contributed by atoms with Gasteiger partial charge < -0.3 is 14.8 Å². The number of ether oxygens (including phenoxy) is 2. The molecule has 1 aromatic heterocycles. The van der Waals surface area contributed by atoms with Crippen molar-refractivity contribution in [2.24, 2.45) is 0 Å². The number of hydrogen-bond donors (Lipinski definition) is 1. The Bertz CT molecular complexity index is 1320. The molecule has 174 valence electrons. The van der Waals surface area contributed by atoms with Crippen molar-refractivity contribution in [1.82, 2.24) is 9.78 Å². The molecule has 8 heteroatoms. The van der Waals surface area contributed by atoms with E-state index in [0.717, 1.165) is 16.8 Å². The van der Waals surface area contributed by atoms with Crippen molar-refractivity contribution in [1.29, 1.82) is 0 Å². The van der Waals surface area contributed by atoms with Gasteiger partial charge in [-0.15, -0.1) is 0 Å². The third-order valence-electron chi connectivity index (χ3n) is 5.21. The summed E-state index contributed by atoms with van der Waals surface area (Å²) in [6.07, 6.45) is 0. The molecule has 0 aliphatic carbocycles. The van der Waals surface area contributed by atoms with Crippen LogP contribution in [0.2, 0.25) is 5.02 Å². The molecule has 0 unspecified atom stereocenters. The summed E-state index contributed by atoms with van der Waals surface area (Å²) in [4.78, 5) is 12.8. The summed E-state index contributed by atoms with van der Waals surface area (Å²) in [5.41, 5.74) is 2.88. The van der Waals surface area contributed by atoms with Gasteiger partial charge in [-0.2, -0.15) is 5.10 Å². The highest BCUT2D eigenvalue weighted by molar-refractivity contribution is 6.31. The summed E-state index contributed by atoms with van der Waals surface area (Å²) in [6.45, 7) is 2.51. The Labute approximate surface area is 201 Å². The lowest BCUT2D eigenvalue weighted by atomic mass is 10.1. The van der Waals surface area contributed by atoms with Crippen molar-refractivity contribution in [3.63, 3.8) is 0 Å². The normalized spacial score (nSPS) is 10.7. The largest absolute Gasteiger partial charge is 0.493 e. The van der Waals surface area contributed by atoms with Crippen molar-refractivity contribution in [3.05, 3.63) is 106 Å². The molecular formula is C26H23ClFN3O3. The third kappa shape index (κ3) is 5.55. The molecule has 3 aromatic carbocycles. The molecule has 0 atom stereocenters. The second kappa shape index (κ2) is 10.4. The van der Waals surface area contributed by atoms with Crippen LogP contribution in [0.5, 0.6) is 11.5 Å². The first-order valence-electron chi connectivity index (χ1n) is 10.6. The van der Waals surface area contributed by atoms with Gasteiger partial charge in [0.25, 0.3) is 5.91 Å². The molecule has 1 N–H and O–H groups in total. The molecule has 0 radical (unpaired) electrons. The lowest BCUT2D eigenvalue weighted by Crippen LogP contribution is -2.13. The predicted molar refractivity (Wildman–Crippen MR) is 129 cm³/mol. The molecule has 0 saturated carbocycles. The zero-order chi connectivity index (χ0) is 24.1. The first-order chi connectivity index (χ1) is 16.4. The minimum Gasteiger partial charge on any atom is -0.493 e. The second-order valence-electron chi connectivity index (χ2n) is 7.66. The van der Waals surface area contributed by atoms with Gasteiger partial charge in [-0.3, -0.25) is 9.48 Å². The Morgan fingerprint density at radius 1 is 1.06 bits per heavy atom. The molecule has 0 aliphatic heterocycles. The van der Waals surface area contributed by atoms with Crippen LogP contribution in [-0.2, 0) is 13.2 Å². The highest BCUT2D eigenvalue weighted by Gasteiger charge is 2.13. The van der Waals surface area contributed by atoms with E-state index in [1.807, 2.05) is 37.3 Å². The molecule has 34 heavy (non-hydrogen) atoms. The van der Waals surface area contributed by atoms with E-state index in [1.54, 1.807) is 42.1 Å². The van der Waals surface area contributed by atoms with Crippen LogP contribution in [0.3, 0.4) is 0 Å². The number of hydrogen-bond acceptors (Lipinski definition) is 4. The monoisotopic (exact) mass is 479 g/mol. The molecular weight excluding hydrogens is 457 g/mol. The molecule has 0 aliphatic rings. The average molecular weight is 480 g/mol. The van der Waals surface area contributed by atoms with E-state index in [9.17, 15) is 9.18 Å². The first kappa shape index (κ1) is 23.3. The van der Waals surface area contributed by atoms with Crippen molar-refractivity contribution < 1.29 is 18.7 Å². The quantitative estimate of drug-likeness (QED) is 0.343. The minimum atomic E-state index is -0.394. The summed E-state index contributed by atoms with van der Waals surface area (Å²) in [5.74, 6) is 1.00. The molecule has 6 nitrogen and oxygen atoms in total. The number of aryl methyl sites for hydroxylation is 1. The van der Waals surface area contributed by atoms with Crippen LogP contribution in [0.25, 0.3) is 0 Å². The molecule has 4 rings (SSSR count). The van der Waals surface area contributed by atoms with E-state index < -0.39 is 5.82 Å². The first-order valence-corrected chi connectivity index (χ1v) is 10.9. The van der Waals surface area contributed by atoms with Crippen LogP contribution in [-0.4, -0.2) is 22.8 Å². The van der Waals surface area contributed by atoms with Gasteiger partial charge in [-0.25, -0.2) is 4.39 Å². The number of rotatable bonds is 8. The highest BCUT2D eigenvalue weighted by atomic mass is 35.5. The lowest BCUT2D eigenvalue weighted by Gasteiger charge is -2.11. The topological polar surface area (TPSA) is 65.4 Å². The van der Waals surface area contributed by atoms with Gasteiger partial charge in [0.05, 0.1) is 13.7 Å². The number of para-hydroxylation sites is 2. The standard InChI is InChI=1S/C26H23ClFN3O3/c1-17-12-25(30-31(17)15-20-10-11-21(28)14-22(20)27)29-26(32)19-7-5-6-18(13-19)16-34-24-9-4-3-8-23(24)33-2/h3-14H,15-16H2,1-2H3,(H,29,30,32). The Kier molecular flexibility index (Phi) is 7.13. The van der Waals surface area contributed by atoms with Gasteiger partial charge in [0.2, 0.25) is 0 Å². The Balaban J connectivity index is 1.42. The second-order valence-corrected chi connectivity index (χ2v) is 8.07. The van der Waals surface area contributed by atoms with Crippen LogP contribution >= 0.6 is 11.6 Å². The molecule has 0 spiro atoms. The van der Waals surface area contributed by atoms with Gasteiger partial charge >= 0.3 is 0 Å². The Morgan fingerprint density at radius 3 is 2.62 bits per heavy atom. The number of nitrogens with zero attached hydrogens (tertiary/aromatic N) is 2. The lowest BCUT2D eigenvalue weighted by molar-refractivity contribution is 0.102. The molecule has 1 heterocycles. The number of amides is 1. The van der Waals surface area contributed by atoms with Crippen LogP contribution in [0.1, 0.15) is 27.2 Å². The summed E-state index contributed by atoms with van der Waals surface area (Å²) in [5, 5.41) is 7.60. The van der Waals surface area contributed by atoms with Gasteiger partial charge in [0.15, 0.2) is 17.3 Å². The fraction of sp³-hybridized carbons (Fsp3) is 0.154. The zero-order valence-corrected chi connectivity index (χ0v) is 19.5. The van der Waals surface area contributed by atoms with E-state index in [4.69, 9.17) is 21.1 Å². The number of carbonyl (C=O) groups excluding carboxylic acids is 1. The molecule has 4 aromatic rings. The maximum Gasteiger partial charge on any atom is 0.256 e. The van der Waals surface area contributed by atoms with Crippen LogP contribution in [0.15, 0.2) is 72.8 Å². The number of methoxy groups -OCH3 is 1. The fourth-order valence-electron chi connectivity index (χ4n) is 3.43. The third-order valence-corrected chi connectivity index (χ3v) is 5.56. The number of halogens is 2. The fourth-order valence-corrected chi connectivity index (χ4v) is 3.66. The Morgan fingerprint density at radius 2 is 1.85 bits per heavy atom. The number of aromatic nitrogens is 2. The van der Waals surface area contributed by atoms with Crippen LogP contribution in [0, 0.1) is 12.7 Å². The molecule has 1 amide bonds. The van der Waals surface area contributed by atoms with E-state index >= 15 is 0 Å². The Hall–Kier alpha value is -3.84. The summed E-state index contributed by atoms with van der Waals surface area (Å²) < 4.78 is 26.2. The van der Waals surface area contributed by atoms with Crippen LogP contribution in [0.4, 0.5) is 10.2 Å². The molecule has 0 fully saturated rings. The number of nitrogens with one attached hydrogen (secondary N) is 1. The van der Waals surface area contributed by atoms with E-state index in [-0.39, 0.29) is 12.5 Å². The zero-order valence-electron chi connectivity index (χ0n) is 18.7. The number of carbonyl (C=O) groups is 1. The highest BCUT2D eigenvalue weighted by Crippen LogP contribution is 2.27. The maximum atomic E-state index is 13.3. The summed E-state index contributed by atoms with van der Waals surface area (Å²) in [6, 6.07) is 20.6. The summed E-state index contributed by atoms with van der Waals surface area (Å²) >= 11 is 6.13. The van der Waals surface area contributed by atoms with Crippen molar-refractivity contribution in [2.45, 2.75) is 20.1 Å². The van der Waals surface area contributed by atoms with E-state index in [1.165, 1.54) is 12.1 Å². The molecule has 0 saturated heterocycles. The van der Waals surface area contributed by atoms with Crippen molar-refractivity contribution >= 4 is 23.3 Å². The SMILES string of the molecule is COc1ccccc1OCc1cccc(C(=O)Nc2cc(C)n(Cc3ccc(F)cc3Cl)n2)c1. The van der Waals surface area contributed by atoms with Crippen molar-refractivity contribution in [3.8, 4) is 11.5 Å². The van der Waals surface area contributed by atoms with Gasteiger partial charge in [0.1, 0.15) is 12.4 Å². The minimum absolute atomic E-state index is 0.285.